The Kier molecular flexibility index (Phi) is 6.83. The summed E-state index contributed by atoms with van der Waals surface area (Å²) >= 11 is 0. The first-order chi connectivity index (χ1) is 11.1. The van der Waals surface area contributed by atoms with Crippen molar-refractivity contribution in [1.82, 2.24) is 4.90 Å². The summed E-state index contributed by atoms with van der Waals surface area (Å²) in [6.45, 7) is 4.25. The number of esters is 1. The summed E-state index contributed by atoms with van der Waals surface area (Å²) in [6, 6.07) is 6.65. The van der Waals surface area contributed by atoms with Gasteiger partial charge in [0.1, 0.15) is 18.5 Å². The second-order valence-corrected chi connectivity index (χ2v) is 5.77. The molecule has 1 aromatic rings. The van der Waals surface area contributed by atoms with Gasteiger partial charge in [0.05, 0.1) is 18.3 Å². The number of piperidine rings is 1. The van der Waals surface area contributed by atoms with Crippen molar-refractivity contribution < 1.29 is 24.5 Å². The van der Waals surface area contributed by atoms with Crippen LogP contribution in [0.15, 0.2) is 24.3 Å². The number of aliphatic hydroxyl groups is 2. The highest BCUT2D eigenvalue weighted by Gasteiger charge is 2.20. The van der Waals surface area contributed by atoms with E-state index in [1.54, 1.807) is 31.2 Å². The molecule has 1 saturated heterocycles. The minimum absolute atomic E-state index is 0.172. The maximum atomic E-state index is 11.5. The van der Waals surface area contributed by atoms with Crippen LogP contribution in [0.5, 0.6) is 5.75 Å². The standard InChI is InChI=1S/C17H25NO5/c1-2-22-17(21)13-5-7-16(8-6-13)23-12-15(20)11-18-9-3-4-14(19)10-18/h5-8,14-15,19-20H,2-4,9-12H2,1H3/t14-,15-/m0/s1. The minimum Gasteiger partial charge on any atom is -0.491 e. The molecule has 2 N–H and O–H groups in total. The Bertz CT molecular complexity index is 490. The average Bonchev–Trinajstić information content (AvgIpc) is 2.54. The highest BCUT2D eigenvalue weighted by molar-refractivity contribution is 5.89. The molecular weight excluding hydrogens is 298 g/mol. The van der Waals surface area contributed by atoms with Crippen LogP contribution in [0, 0.1) is 0 Å². The summed E-state index contributed by atoms with van der Waals surface area (Å²) in [6.07, 6.45) is 0.859. The molecule has 6 heteroatoms. The van der Waals surface area contributed by atoms with Gasteiger partial charge in [0.15, 0.2) is 0 Å². The number of carbonyl (C=O) groups excluding carboxylic acids is 1. The Labute approximate surface area is 136 Å². The largest absolute Gasteiger partial charge is 0.491 e. The first kappa shape index (κ1) is 17.7. The maximum Gasteiger partial charge on any atom is 0.338 e. The van der Waals surface area contributed by atoms with Gasteiger partial charge in [0, 0.05) is 13.1 Å². The van der Waals surface area contributed by atoms with Crippen molar-refractivity contribution in [3.05, 3.63) is 29.8 Å². The molecule has 2 atom stereocenters. The molecule has 0 bridgehead atoms. The molecule has 0 radical (unpaired) electrons. The summed E-state index contributed by atoms with van der Waals surface area (Å²) in [5, 5.41) is 19.7. The summed E-state index contributed by atoms with van der Waals surface area (Å²) < 4.78 is 10.5. The molecule has 0 unspecified atom stereocenters. The van der Waals surface area contributed by atoms with E-state index in [0.717, 1.165) is 19.4 Å². The Morgan fingerprint density at radius 1 is 1.39 bits per heavy atom. The zero-order valence-corrected chi connectivity index (χ0v) is 13.5. The maximum absolute atomic E-state index is 11.5. The van der Waals surface area contributed by atoms with Crippen LogP contribution in [-0.4, -0.2) is 66.1 Å². The lowest BCUT2D eigenvalue weighted by molar-refractivity contribution is 0.0243. The molecule has 6 nitrogen and oxygen atoms in total. The number of hydrogen-bond acceptors (Lipinski definition) is 6. The van der Waals surface area contributed by atoms with Crippen molar-refractivity contribution in [2.75, 3.05) is 32.8 Å². The second kappa shape index (κ2) is 8.86. The topological polar surface area (TPSA) is 79.2 Å². The van der Waals surface area contributed by atoms with Gasteiger partial charge < -0.3 is 19.7 Å². The fraction of sp³-hybridized carbons (Fsp3) is 0.588. The van der Waals surface area contributed by atoms with Crippen molar-refractivity contribution in [2.24, 2.45) is 0 Å². The van der Waals surface area contributed by atoms with Gasteiger partial charge in [-0.1, -0.05) is 0 Å². The van der Waals surface area contributed by atoms with Gasteiger partial charge in [-0.3, -0.25) is 4.90 Å². The van der Waals surface area contributed by atoms with Crippen LogP contribution in [0.2, 0.25) is 0 Å². The van der Waals surface area contributed by atoms with E-state index in [2.05, 4.69) is 0 Å². The summed E-state index contributed by atoms with van der Waals surface area (Å²) in [4.78, 5) is 13.6. The number of β-amino-alcohol motifs (C(OH)–C–C–N with tert-alkyl or cyclic N) is 2. The Morgan fingerprint density at radius 2 is 2.13 bits per heavy atom. The normalized spacial score (nSPS) is 20.0. The third-order valence-corrected chi connectivity index (χ3v) is 3.76. The van der Waals surface area contributed by atoms with Gasteiger partial charge in [0.25, 0.3) is 0 Å². The molecule has 1 heterocycles. The third kappa shape index (κ3) is 5.82. The number of nitrogens with zero attached hydrogens (tertiary/aromatic N) is 1. The molecule has 23 heavy (non-hydrogen) atoms. The zero-order chi connectivity index (χ0) is 16.7. The van der Waals surface area contributed by atoms with E-state index in [9.17, 15) is 15.0 Å². The summed E-state index contributed by atoms with van der Waals surface area (Å²) in [5.41, 5.74) is 0.474. The number of benzene rings is 1. The quantitative estimate of drug-likeness (QED) is 0.731. The summed E-state index contributed by atoms with van der Waals surface area (Å²) in [7, 11) is 0. The number of rotatable bonds is 7. The van der Waals surface area contributed by atoms with E-state index in [1.165, 1.54) is 0 Å². The number of hydrogen-bond donors (Lipinski definition) is 2. The highest BCUT2D eigenvalue weighted by atomic mass is 16.5. The van der Waals surface area contributed by atoms with Crippen LogP contribution in [0.1, 0.15) is 30.1 Å². The van der Waals surface area contributed by atoms with E-state index in [-0.39, 0.29) is 18.7 Å². The van der Waals surface area contributed by atoms with E-state index >= 15 is 0 Å². The predicted octanol–water partition coefficient (Wildman–Crippen LogP) is 1.06. The molecule has 0 saturated carbocycles. The molecule has 1 aliphatic heterocycles. The molecule has 1 aliphatic rings. The van der Waals surface area contributed by atoms with Crippen molar-refractivity contribution >= 4 is 5.97 Å². The predicted molar refractivity (Wildman–Crippen MR) is 85.6 cm³/mol. The molecule has 128 valence electrons. The number of carbonyl (C=O) groups is 1. The smallest absolute Gasteiger partial charge is 0.338 e. The van der Waals surface area contributed by atoms with Gasteiger partial charge in [0.2, 0.25) is 0 Å². The van der Waals surface area contributed by atoms with Crippen LogP contribution in [0.4, 0.5) is 0 Å². The minimum atomic E-state index is -0.620. The Balaban J connectivity index is 1.75. The molecule has 0 aromatic heterocycles. The summed E-state index contributed by atoms with van der Waals surface area (Å²) in [5.74, 6) is 0.235. The molecule has 0 amide bonds. The third-order valence-electron chi connectivity index (χ3n) is 3.76. The molecular formula is C17H25NO5. The van der Waals surface area contributed by atoms with E-state index in [1.807, 2.05) is 4.90 Å². The van der Waals surface area contributed by atoms with Gasteiger partial charge in [-0.05, 0) is 50.6 Å². The molecule has 1 aromatic carbocycles. The fourth-order valence-corrected chi connectivity index (χ4v) is 2.64. The second-order valence-electron chi connectivity index (χ2n) is 5.77. The SMILES string of the molecule is CCOC(=O)c1ccc(OC[C@@H](O)CN2CCC[C@H](O)C2)cc1. The van der Waals surface area contributed by atoms with Crippen LogP contribution in [-0.2, 0) is 4.74 Å². The van der Waals surface area contributed by atoms with Crippen LogP contribution in [0.25, 0.3) is 0 Å². The van der Waals surface area contributed by atoms with Gasteiger partial charge in [-0.25, -0.2) is 4.79 Å². The number of aliphatic hydroxyl groups excluding tert-OH is 2. The lowest BCUT2D eigenvalue weighted by Crippen LogP contribution is -2.43. The highest BCUT2D eigenvalue weighted by Crippen LogP contribution is 2.14. The van der Waals surface area contributed by atoms with E-state index in [0.29, 0.717) is 31.0 Å². The van der Waals surface area contributed by atoms with Gasteiger partial charge in [-0.15, -0.1) is 0 Å². The Morgan fingerprint density at radius 3 is 2.78 bits per heavy atom. The van der Waals surface area contributed by atoms with E-state index < -0.39 is 6.10 Å². The van der Waals surface area contributed by atoms with E-state index in [4.69, 9.17) is 9.47 Å². The first-order valence-electron chi connectivity index (χ1n) is 8.07. The van der Waals surface area contributed by atoms with Crippen LogP contribution in [0.3, 0.4) is 0 Å². The molecule has 2 rings (SSSR count). The molecule has 0 aliphatic carbocycles. The van der Waals surface area contributed by atoms with Crippen LogP contribution >= 0.6 is 0 Å². The average molecular weight is 323 g/mol. The number of likely N-dealkylation sites (tertiary alicyclic amines) is 1. The fourth-order valence-electron chi connectivity index (χ4n) is 2.64. The zero-order valence-electron chi connectivity index (χ0n) is 13.5. The lowest BCUT2D eigenvalue weighted by Gasteiger charge is -2.31. The van der Waals surface area contributed by atoms with Gasteiger partial charge >= 0.3 is 5.97 Å². The molecule has 0 spiro atoms. The number of ether oxygens (including phenoxy) is 2. The van der Waals surface area contributed by atoms with Crippen molar-refractivity contribution in [2.45, 2.75) is 32.0 Å². The van der Waals surface area contributed by atoms with Crippen molar-refractivity contribution in [3.63, 3.8) is 0 Å². The lowest BCUT2D eigenvalue weighted by atomic mass is 10.1. The first-order valence-corrected chi connectivity index (χ1v) is 8.07. The van der Waals surface area contributed by atoms with Crippen molar-refractivity contribution in [3.8, 4) is 5.75 Å². The molecule has 1 fully saturated rings. The van der Waals surface area contributed by atoms with Gasteiger partial charge in [-0.2, -0.15) is 0 Å². The van der Waals surface area contributed by atoms with Crippen molar-refractivity contribution in [1.29, 1.82) is 0 Å². The van der Waals surface area contributed by atoms with Crippen LogP contribution < -0.4 is 4.74 Å². The monoisotopic (exact) mass is 323 g/mol. The Hall–Kier alpha value is -1.63.